The first-order valence-electron chi connectivity index (χ1n) is 7.11. The zero-order valence-electron chi connectivity index (χ0n) is 11.9. The number of alkyl halides is 1. The first-order valence-corrected chi connectivity index (χ1v) is 8.23. The molecule has 0 amide bonds. The van der Waals surface area contributed by atoms with Gasteiger partial charge in [-0.15, -0.1) is 0 Å². The summed E-state index contributed by atoms with van der Waals surface area (Å²) in [4.78, 5) is 0. The van der Waals surface area contributed by atoms with Crippen molar-refractivity contribution in [3.05, 3.63) is 36.4 Å². The average molecular weight is 337 g/mol. The van der Waals surface area contributed by atoms with Gasteiger partial charge in [-0.2, -0.15) is 0 Å². The number of halogens is 1. The van der Waals surface area contributed by atoms with Crippen LogP contribution in [0.4, 0.5) is 0 Å². The molecule has 0 unspecified atom stereocenters. The van der Waals surface area contributed by atoms with E-state index in [9.17, 15) is 0 Å². The fourth-order valence-corrected chi connectivity index (χ4v) is 2.68. The van der Waals surface area contributed by atoms with Crippen molar-refractivity contribution in [1.82, 2.24) is 0 Å². The molecule has 108 valence electrons. The molecule has 2 rings (SSSR count). The lowest BCUT2D eigenvalue weighted by Gasteiger charge is -2.11. The molecule has 0 heterocycles. The second-order valence-corrected chi connectivity index (χ2v) is 5.56. The Labute approximate surface area is 129 Å². The van der Waals surface area contributed by atoms with Crippen molar-refractivity contribution in [1.29, 1.82) is 0 Å². The predicted octanol–water partition coefficient (Wildman–Crippen LogP) is 5.18. The number of hydrogen-bond acceptors (Lipinski definition) is 2. The highest BCUT2D eigenvalue weighted by Crippen LogP contribution is 2.32. The van der Waals surface area contributed by atoms with E-state index in [1.807, 2.05) is 24.3 Å². The molecule has 3 heteroatoms. The zero-order chi connectivity index (χ0) is 14.2. The van der Waals surface area contributed by atoms with E-state index in [0.717, 1.165) is 40.6 Å². The van der Waals surface area contributed by atoms with Gasteiger partial charge in [-0.1, -0.05) is 53.0 Å². The molecule has 0 N–H and O–H groups in total. The van der Waals surface area contributed by atoms with Crippen molar-refractivity contribution < 1.29 is 9.47 Å². The quantitative estimate of drug-likeness (QED) is 0.488. The van der Waals surface area contributed by atoms with Crippen LogP contribution in [0, 0.1) is 0 Å². The van der Waals surface area contributed by atoms with Crippen molar-refractivity contribution in [2.75, 3.05) is 19.0 Å². The Balaban J connectivity index is 2.00. The van der Waals surface area contributed by atoms with Gasteiger partial charge in [0, 0.05) is 16.1 Å². The normalized spacial score (nSPS) is 10.7. The molecule has 20 heavy (non-hydrogen) atoms. The smallest absolute Gasteiger partial charge is 0.127 e. The Kier molecular flexibility index (Phi) is 6.19. The van der Waals surface area contributed by atoms with E-state index in [1.54, 1.807) is 7.11 Å². The van der Waals surface area contributed by atoms with E-state index in [0.29, 0.717) is 0 Å². The molecular weight excluding hydrogens is 316 g/mol. The van der Waals surface area contributed by atoms with Gasteiger partial charge in [0.1, 0.15) is 11.5 Å². The Hall–Kier alpha value is -1.22. The lowest BCUT2D eigenvalue weighted by Crippen LogP contribution is -1.98. The van der Waals surface area contributed by atoms with E-state index in [1.165, 1.54) is 19.3 Å². The third-order valence-electron chi connectivity index (χ3n) is 3.35. The molecule has 2 nitrogen and oxygen atoms in total. The lowest BCUT2D eigenvalue weighted by molar-refractivity contribution is 0.308. The summed E-state index contributed by atoms with van der Waals surface area (Å²) < 4.78 is 11.3. The highest BCUT2D eigenvalue weighted by molar-refractivity contribution is 9.09. The molecular formula is C17H21BrO2. The molecule has 0 radical (unpaired) electrons. The van der Waals surface area contributed by atoms with Gasteiger partial charge in [-0.05, 0) is 25.0 Å². The molecule has 0 aliphatic carbocycles. The minimum absolute atomic E-state index is 0.776. The van der Waals surface area contributed by atoms with Gasteiger partial charge in [0.25, 0.3) is 0 Å². The first kappa shape index (κ1) is 15.2. The predicted molar refractivity (Wildman–Crippen MR) is 88.3 cm³/mol. The zero-order valence-corrected chi connectivity index (χ0v) is 13.5. The fraction of sp³-hybridized carbons (Fsp3) is 0.412. The van der Waals surface area contributed by atoms with Gasteiger partial charge in [-0.3, -0.25) is 0 Å². The van der Waals surface area contributed by atoms with Gasteiger partial charge in [0.15, 0.2) is 0 Å². The van der Waals surface area contributed by atoms with E-state index >= 15 is 0 Å². The molecule has 0 spiro atoms. The van der Waals surface area contributed by atoms with Crippen LogP contribution in [0.15, 0.2) is 36.4 Å². The van der Waals surface area contributed by atoms with Gasteiger partial charge in [-0.25, -0.2) is 0 Å². The maximum atomic E-state index is 5.93. The largest absolute Gasteiger partial charge is 0.496 e. The minimum Gasteiger partial charge on any atom is -0.496 e. The number of fused-ring (bicyclic) bond motifs is 1. The summed E-state index contributed by atoms with van der Waals surface area (Å²) in [6.45, 7) is 0.776. The van der Waals surface area contributed by atoms with Crippen LogP contribution in [0.2, 0.25) is 0 Å². The van der Waals surface area contributed by atoms with Crippen molar-refractivity contribution in [2.24, 2.45) is 0 Å². The Morgan fingerprint density at radius 2 is 1.50 bits per heavy atom. The van der Waals surface area contributed by atoms with E-state index < -0.39 is 0 Å². The van der Waals surface area contributed by atoms with Crippen molar-refractivity contribution >= 4 is 26.7 Å². The van der Waals surface area contributed by atoms with Crippen LogP contribution in [0.1, 0.15) is 25.7 Å². The maximum absolute atomic E-state index is 5.93. The molecule has 0 atom stereocenters. The molecule has 0 fully saturated rings. The molecule has 0 aromatic heterocycles. The number of hydrogen-bond donors (Lipinski definition) is 0. The Morgan fingerprint density at radius 1 is 0.850 bits per heavy atom. The minimum atomic E-state index is 0.776. The molecule has 0 aliphatic rings. The van der Waals surface area contributed by atoms with E-state index in [2.05, 4.69) is 28.1 Å². The Morgan fingerprint density at radius 3 is 2.20 bits per heavy atom. The lowest BCUT2D eigenvalue weighted by atomic mass is 10.1. The van der Waals surface area contributed by atoms with Crippen LogP contribution in [0.25, 0.3) is 10.8 Å². The summed E-state index contributed by atoms with van der Waals surface area (Å²) in [6.07, 6.45) is 4.83. The van der Waals surface area contributed by atoms with Gasteiger partial charge >= 0.3 is 0 Å². The maximum Gasteiger partial charge on any atom is 0.127 e. The summed E-state index contributed by atoms with van der Waals surface area (Å²) >= 11 is 3.45. The van der Waals surface area contributed by atoms with Crippen molar-refractivity contribution in [2.45, 2.75) is 25.7 Å². The average Bonchev–Trinajstić information content (AvgIpc) is 2.50. The summed E-state index contributed by atoms with van der Waals surface area (Å²) in [5, 5.41) is 3.32. The third kappa shape index (κ3) is 3.89. The van der Waals surface area contributed by atoms with Gasteiger partial charge in [0.05, 0.1) is 13.7 Å². The molecule has 0 bridgehead atoms. The fourth-order valence-electron chi connectivity index (χ4n) is 2.28. The van der Waals surface area contributed by atoms with Gasteiger partial charge in [0.2, 0.25) is 0 Å². The molecule has 0 aliphatic heterocycles. The topological polar surface area (TPSA) is 18.5 Å². The van der Waals surface area contributed by atoms with E-state index in [-0.39, 0.29) is 0 Å². The van der Waals surface area contributed by atoms with E-state index in [4.69, 9.17) is 9.47 Å². The SMILES string of the molecule is COc1ccc(OCCCCCCBr)c2ccccc12. The summed E-state index contributed by atoms with van der Waals surface area (Å²) in [5.41, 5.74) is 0. The van der Waals surface area contributed by atoms with Crippen LogP contribution in [0.3, 0.4) is 0 Å². The second kappa shape index (κ2) is 8.15. The highest BCUT2D eigenvalue weighted by Gasteiger charge is 2.06. The van der Waals surface area contributed by atoms with Crippen molar-refractivity contribution in [3.63, 3.8) is 0 Å². The number of ether oxygens (including phenoxy) is 2. The molecule has 0 saturated heterocycles. The second-order valence-electron chi connectivity index (χ2n) is 4.76. The first-order chi connectivity index (χ1) is 9.86. The number of benzene rings is 2. The van der Waals surface area contributed by atoms with Crippen LogP contribution in [-0.2, 0) is 0 Å². The molecule has 2 aromatic carbocycles. The number of unbranched alkanes of at least 4 members (excludes halogenated alkanes) is 3. The monoisotopic (exact) mass is 336 g/mol. The standard InChI is InChI=1S/C17H21BrO2/c1-19-16-10-11-17(15-9-5-4-8-14(15)16)20-13-7-3-2-6-12-18/h4-5,8-11H,2-3,6-7,12-13H2,1H3. The van der Waals surface area contributed by atoms with Crippen LogP contribution >= 0.6 is 15.9 Å². The van der Waals surface area contributed by atoms with Crippen molar-refractivity contribution in [3.8, 4) is 11.5 Å². The summed E-state index contributed by atoms with van der Waals surface area (Å²) in [7, 11) is 1.70. The summed E-state index contributed by atoms with van der Waals surface area (Å²) in [6, 6.07) is 12.2. The third-order valence-corrected chi connectivity index (χ3v) is 3.91. The van der Waals surface area contributed by atoms with Crippen LogP contribution in [-0.4, -0.2) is 19.0 Å². The number of rotatable bonds is 8. The van der Waals surface area contributed by atoms with Gasteiger partial charge < -0.3 is 9.47 Å². The Bertz CT molecular complexity index is 540. The van der Waals surface area contributed by atoms with Crippen LogP contribution < -0.4 is 9.47 Å². The number of methoxy groups -OCH3 is 1. The molecule has 0 saturated carbocycles. The highest BCUT2D eigenvalue weighted by atomic mass is 79.9. The summed E-state index contributed by atoms with van der Waals surface area (Å²) in [5.74, 6) is 1.84. The van der Waals surface area contributed by atoms with Crippen LogP contribution in [0.5, 0.6) is 11.5 Å². The molecule has 2 aromatic rings.